The second-order valence-corrected chi connectivity index (χ2v) is 6.24. The summed E-state index contributed by atoms with van der Waals surface area (Å²) >= 11 is 0. The molecule has 25 heavy (non-hydrogen) atoms. The van der Waals surface area contributed by atoms with Crippen molar-refractivity contribution in [3.8, 4) is 0 Å². The molecule has 1 aliphatic rings. The number of hydrogen-bond acceptors (Lipinski definition) is 5. The van der Waals surface area contributed by atoms with E-state index < -0.39 is 0 Å². The predicted octanol–water partition coefficient (Wildman–Crippen LogP) is 1.87. The van der Waals surface area contributed by atoms with E-state index in [1.54, 1.807) is 24.8 Å². The summed E-state index contributed by atoms with van der Waals surface area (Å²) in [5.74, 6) is 0.982. The molecule has 0 unspecified atom stereocenters. The Morgan fingerprint density at radius 1 is 1.36 bits per heavy atom. The van der Waals surface area contributed by atoms with Gasteiger partial charge in [0.15, 0.2) is 0 Å². The van der Waals surface area contributed by atoms with E-state index in [1.807, 2.05) is 29.9 Å². The third kappa shape index (κ3) is 3.10. The van der Waals surface area contributed by atoms with Crippen molar-refractivity contribution in [3.05, 3.63) is 54.5 Å². The van der Waals surface area contributed by atoms with Gasteiger partial charge in [0.2, 0.25) is 0 Å². The monoisotopic (exact) mass is 337 g/mol. The Balaban J connectivity index is 1.44. The Bertz CT molecular complexity index is 907. The normalized spacial score (nSPS) is 20.0. The first-order chi connectivity index (χ1) is 12.2. The predicted molar refractivity (Wildman–Crippen MR) is 91.9 cm³/mol. The molecule has 0 aliphatic carbocycles. The fourth-order valence-electron chi connectivity index (χ4n) is 3.20. The van der Waals surface area contributed by atoms with E-state index in [9.17, 15) is 4.79 Å². The summed E-state index contributed by atoms with van der Waals surface area (Å²) < 4.78 is 7.80. The lowest BCUT2D eigenvalue weighted by atomic mass is 10.0. The topological polar surface area (TPSA) is 81.9 Å². The van der Waals surface area contributed by atoms with E-state index in [1.165, 1.54) is 0 Å². The third-order valence-corrected chi connectivity index (χ3v) is 4.60. The molecule has 3 aromatic rings. The van der Waals surface area contributed by atoms with Gasteiger partial charge in [0, 0.05) is 56.3 Å². The SMILES string of the molecule is Cn1ccnc1[C@@H]1OCC[C@H]1CNC(=O)c1cnc2cnccc2c1. The highest BCUT2D eigenvalue weighted by molar-refractivity contribution is 5.97. The summed E-state index contributed by atoms with van der Waals surface area (Å²) in [7, 11) is 1.95. The molecule has 2 atom stereocenters. The minimum absolute atomic E-state index is 0.0823. The minimum Gasteiger partial charge on any atom is -0.370 e. The second kappa shape index (κ2) is 6.60. The first kappa shape index (κ1) is 15.7. The molecule has 1 fully saturated rings. The fourth-order valence-corrected chi connectivity index (χ4v) is 3.20. The van der Waals surface area contributed by atoms with Gasteiger partial charge in [0.1, 0.15) is 11.9 Å². The summed E-state index contributed by atoms with van der Waals surface area (Å²) in [6, 6.07) is 3.68. The first-order valence-corrected chi connectivity index (χ1v) is 8.29. The van der Waals surface area contributed by atoms with Crippen molar-refractivity contribution in [2.45, 2.75) is 12.5 Å². The smallest absolute Gasteiger partial charge is 0.252 e. The van der Waals surface area contributed by atoms with Gasteiger partial charge in [0.25, 0.3) is 5.91 Å². The molecule has 0 saturated carbocycles. The Kier molecular flexibility index (Phi) is 4.15. The van der Waals surface area contributed by atoms with Gasteiger partial charge in [-0.15, -0.1) is 0 Å². The largest absolute Gasteiger partial charge is 0.370 e. The molecular formula is C18H19N5O2. The maximum Gasteiger partial charge on any atom is 0.252 e. The molecule has 3 aromatic heterocycles. The number of nitrogens with one attached hydrogen (secondary N) is 1. The van der Waals surface area contributed by atoms with Gasteiger partial charge in [-0.3, -0.25) is 14.8 Å². The number of aromatic nitrogens is 4. The number of pyridine rings is 2. The molecule has 0 aromatic carbocycles. The lowest BCUT2D eigenvalue weighted by Crippen LogP contribution is -2.31. The van der Waals surface area contributed by atoms with Gasteiger partial charge in [-0.25, -0.2) is 4.98 Å². The lowest BCUT2D eigenvalue weighted by Gasteiger charge is -2.18. The minimum atomic E-state index is -0.128. The van der Waals surface area contributed by atoms with Crippen molar-refractivity contribution in [1.82, 2.24) is 24.8 Å². The number of fused-ring (bicyclic) bond motifs is 1. The average Bonchev–Trinajstić information content (AvgIpc) is 3.27. The lowest BCUT2D eigenvalue weighted by molar-refractivity contribution is 0.0779. The zero-order valence-corrected chi connectivity index (χ0v) is 13.9. The highest BCUT2D eigenvalue weighted by Crippen LogP contribution is 2.32. The second-order valence-electron chi connectivity index (χ2n) is 6.24. The summed E-state index contributed by atoms with van der Waals surface area (Å²) in [6.07, 6.45) is 9.45. The first-order valence-electron chi connectivity index (χ1n) is 8.29. The molecule has 1 saturated heterocycles. The van der Waals surface area contributed by atoms with Crippen LogP contribution in [0.25, 0.3) is 10.9 Å². The van der Waals surface area contributed by atoms with E-state index in [2.05, 4.69) is 20.3 Å². The van der Waals surface area contributed by atoms with E-state index >= 15 is 0 Å². The summed E-state index contributed by atoms with van der Waals surface area (Å²) in [4.78, 5) is 25.2. The molecule has 4 heterocycles. The van der Waals surface area contributed by atoms with Crippen LogP contribution >= 0.6 is 0 Å². The molecule has 0 bridgehead atoms. The molecule has 7 heteroatoms. The van der Waals surface area contributed by atoms with Gasteiger partial charge in [-0.2, -0.15) is 0 Å². The van der Waals surface area contributed by atoms with Crippen LogP contribution in [0.5, 0.6) is 0 Å². The van der Waals surface area contributed by atoms with Crippen LogP contribution in [0, 0.1) is 5.92 Å². The van der Waals surface area contributed by atoms with Gasteiger partial charge < -0.3 is 14.6 Å². The highest BCUT2D eigenvalue weighted by atomic mass is 16.5. The van der Waals surface area contributed by atoms with Crippen molar-refractivity contribution in [1.29, 1.82) is 0 Å². The van der Waals surface area contributed by atoms with Crippen LogP contribution in [0.15, 0.2) is 43.1 Å². The van der Waals surface area contributed by atoms with Crippen LogP contribution in [-0.2, 0) is 11.8 Å². The number of hydrogen-bond donors (Lipinski definition) is 1. The number of aryl methyl sites for hydroxylation is 1. The van der Waals surface area contributed by atoms with Crippen LogP contribution in [0.1, 0.15) is 28.7 Å². The maximum atomic E-state index is 12.5. The van der Waals surface area contributed by atoms with Gasteiger partial charge in [-0.05, 0) is 18.6 Å². The fraction of sp³-hybridized carbons (Fsp3) is 0.333. The number of amides is 1. The molecule has 7 nitrogen and oxygen atoms in total. The summed E-state index contributed by atoms with van der Waals surface area (Å²) in [5, 5.41) is 3.91. The van der Waals surface area contributed by atoms with E-state index in [0.717, 1.165) is 23.1 Å². The summed E-state index contributed by atoms with van der Waals surface area (Å²) in [6.45, 7) is 1.23. The third-order valence-electron chi connectivity index (χ3n) is 4.60. The number of ether oxygens (including phenoxy) is 1. The molecule has 1 N–H and O–H groups in total. The van der Waals surface area contributed by atoms with Crippen LogP contribution in [0.4, 0.5) is 0 Å². The van der Waals surface area contributed by atoms with Crippen LogP contribution in [0.3, 0.4) is 0 Å². The molecule has 1 aliphatic heterocycles. The Morgan fingerprint density at radius 3 is 3.12 bits per heavy atom. The van der Waals surface area contributed by atoms with Gasteiger partial charge >= 0.3 is 0 Å². The van der Waals surface area contributed by atoms with Gasteiger partial charge in [0.05, 0.1) is 17.3 Å². The Labute approximate surface area is 145 Å². The van der Waals surface area contributed by atoms with Crippen molar-refractivity contribution in [2.75, 3.05) is 13.2 Å². The zero-order valence-electron chi connectivity index (χ0n) is 13.9. The Morgan fingerprint density at radius 2 is 2.28 bits per heavy atom. The summed E-state index contributed by atoms with van der Waals surface area (Å²) in [5.41, 5.74) is 1.32. The van der Waals surface area contributed by atoms with Crippen LogP contribution in [-0.4, -0.2) is 38.6 Å². The van der Waals surface area contributed by atoms with Crippen LogP contribution < -0.4 is 5.32 Å². The Hall–Kier alpha value is -2.80. The van der Waals surface area contributed by atoms with E-state index in [4.69, 9.17) is 4.74 Å². The van der Waals surface area contributed by atoms with E-state index in [-0.39, 0.29) is 17.9 Å². The van der Waals surface area contributed by atoms with Crippen molar-refractivity contribution in [3.63, 3.8) is 0 Å². The molecule has 4 rings (SSSR count). The van der Waals surface area contributed by atoms with Crippen molar-refractivity contribution in [2.24, 2.45) is 13.0 Å². The maximum absolute atomic E-state index is 12.5. The number of carbonyl (C=O) groups is 1. The molecule has 0 radical (unpaired) electrons. The van der Waals surface area contributed by atoms with Crippen LogP contribution in [0.2, 0.25) is 0 Å². The number of carbonyl (C=O) groups excluding carboxylic acids is 1. The molecule has 0 spiro atoms. The molecule has 1 amide bonds. The zero-order chi connectivity index (χ0) is 17.2. The number of imidazole rings is 1. The average molecular weight is 337 g/mol. The van der Waals surface area contributed by atoms with Crippen molar-refractivity contribution < 1.29 is 9.53 Å². The number of rotatable bonds is 4. The molecule has 128 valence electrons. The highest BCUT2D eigenvalue weighted by Gasteiger charge is 2.32. The van der Waals surface area contributed by atoms with Crippen molar-refractivity contribution >= 4 is 16.8 Å². The molecular weight excluding hydrogens is 318 g/mol. The van der Waals surface area contributed by atoms with Gasteiger partial charge in [-0.1, -0.05) is 0 Å². The standard InChI is InChI=1S/C18H19N5O2/c1-23-6-5-20-17(23)16-13(3-7-25-16)9-22-18(24)14-8-12-2-4-19-11-15(12)21-10-14/h2,4-6,8,10-11,13,16H,3,7,9H2,1H3,(H,22,24)/t13-,16+/m0/s1. The quantitative estimate of drug-likeness (QED) is 0.786. The number of nitrogens with zero attached hydrogens (tertiary/aromatic N) is 4. The van der Waals surface area contributed by atoms with E-state index in [0.29, 0.717) is 18.7 Å².